The zero-order valence-electron chi connectivity index (χ0n) is 13.5. The molecule has 23 heavy (non-hydrogen) atoms. The van der Waals surface area contributed by atoms with Crippen LogP contribution in [0.4, 0.5) is 0 Å². The van der Waals surface area contributed by atoms with Crippen LogP contribution < -0.4 is 0 Å². The number of aryl methyl sites for hydroxylation is 2. The van der Waals surface area contributed by atoms with Crippen LogP contribution in [0.1, 0.15) is 23.2 Å². The SMILES string of the molecule is Cc1nn(CC(=O)N2CCOC(c3ccnn3C)C2)c(C)c1Cl. The maximum absolute atomic E-state index is 12.6. The van der Waals surface area contributed by atoms with Gasteiger partial charge < -0.3 is 9.64 Å². The smallest absolute Gasteiger partial charge is 0.244 e. The van der Waals surface area contributed by atoms with Crippen molar-refractivity contribution in [2.45, 2.75) is 26.5 Å². The van der Waals surface area contributed by atoms with E-state index in [-0.39, 0.29) is 18.6 Å². The van der Waals surface area contributed by atoms with Crippen LogP contribution in [0.2, 0.25) is 5.02 Å². The number of aromatic nitrogens is 4. The highest BCUT2D eigenvalue weighted by Gasteiger charge is 2.27. The normalized spacial score (nSPS) is 18.4. The highest BCUT2D eigenvalue weighted by atomic mass is 35.5. The van der Waals surface area contributed by atoms with Gasteiger partial charge in [0.1, 0.15) is 12.6 Å². The van der Waals surface area contributed by atoms with Gasteiger partial charge in [-0.25, -0.2) is 0 Å². The average molecular weight is 338 g/mol. The summed E-state index contributed by atoms with van der Waals surface area (Å²) >= 11 is 6.14. The Bertz CT molecular complexity index is 724. The van der Waals surface area contributed by atoms with Gasteiger partial charge in [0.05, 0.1) is 35.3 Å². The van der Waals surface area contributed by atoms with Crippen molar-refractivity contribution in [3.8, 4) is 0 Å². The molecule has 2 aromatic rings. The number of carbonyl (C=O) groups is 1. The lowest BCUT2D eigenvalue weighted by atomic mass is 10.2. The largest absolute Gasteiger partial charge is 0.368 e. The number of carbonyl (C=O) groups excluding carboxylic acids is 1. The molecule has 0 bridgehead atoms. The molecule has 0 saturated carbocycles. The Labute approximate surface area is 139 Å². The van der Waals surface area contributed by atoms with E-state index < -0.39 is 0 Å². The molecule has 1 aliphatic heterocycles. The van der Waals surface area contributed by atoms with Crippen LogP contribution in [0.15, 0.2) is 12.3 Å². The Balaban J connectivity index is 1.70. The van der Waals surface area contributed by atoms with Gasteiger partial charge >= 0.3 is 0 Å². The van der Waals surface area contributed by atoms with Crippen LogP contribution in [0.5, 0.6) is 0 Å². The third-order valence-corrected chi connectivity index (χ3v) is 4.73. The topological polar surface area (TPSA) is 65.2 Å². The fourth-order valence-electron chi connectivity index (χ4n) is 2.81. The van der Waals surface area contributed by atoms with E-state index in [0.29, 0.717) is 24.7 Å². The van der Waals surface area contributed by atoms with Crippen molar-refractivity contribution in [1.82, 2.24) is 24.5 Å². The number of hydrogen-bond acceptors (Lipinski definition) is 4. The fraction of sp³-hybridized carbons (Fsp3) is 0.533. The molecule has 7 nitrogen and oxygen atoms in total. The Morgan fingerprint density at radius 1 is 1.48 bits per heavy atom. The number of nitrogens with zero attached hydrogens (tertiary/aromatic N) is 5. The van der Waals surface area contributed by atoms with Gasteiger partial charge in [-0.15, -0.1) is 0 Å². The van der Waals surface area contributed by atoms with Crippen LogP contribution in [0.3, 0.4) is 0 Å². The van der Waals surface area contributed by atoms with E-state index in [1.807, 2.05) is 31.9 Å². The molecule has 0 aromatic carbocycles. The summed E-state index contributed by atoms with van der Waals surface area (Å²) in [7, 11) is 1.87. The molecule has 1 amide bonds. The van der Waals surface area contributed by atoms with Gasteiger partial charge in [0.15, 0.2) is 0 Å². The third kappa shape index (κ3) is 3.11. The quantitative estimate of drug-likeness (QED) is 0.851. The maximum Gasteiger partial charge on any atom is 0.244 e. The molecule has 124 valence electrons. The number of hydrogen-bond donors (Lipinski definition) is 0. The summed E-state index contributed by atoms with van der Waals surface area (Å²) in [6.07, 6.45) is 1.58. The highest BCUT2D eigenvalue weighted by Crippen LogP contribution is 2.22. The van der Waals surface area contributed by atoms with Crippen molar-refractivity contribution in [3.05, 3.63) is 34.4 Å². The summed E-state index contributed by atoms with van der Waals surface area (Å²) in [5.41, 5.74) is 2.53. The van der Waals surface area contributed by atoms with Crippen molar-refractivity contribution >= 4 is 17.5 Å². The standard InChI is InChI=1S/C15H20ClN5O2/c1-10-15(16)11(2)21(18-10)9-14(22)20-6-7-23-13(8-20)12-4-5-17-19(12)3/h4-5,13H,6-9H2,1-3H3. The predicted molar refractivity (Wildman–Crippen MR) is 85.2 cm³/mol. The summed E-state index contributed by atoms with van der Waals surface area (Å²) in [4.78, 5) is 14.4. The van der Waals surface area contributed by atoms with E-state index in [1.165, 1.54) is 0 Å². The van der Waals surface area contributed by atoms with E-state index in [0.717, 1.165) is 17.1 Å². The minimum atomic E-state index is -0.149. The van der Waals surface area contributed by atoms with Gasteiger partial charge in [-0.05, 0) is 19.9 Å². The first kappa shape index (κ1) is 16.0. The number of ether oxygens (including phenoxy) is 1. The van der Waals surface area contributed by atoms with Crippen molar-refractivity contribution in [2.75, 3.05) is 19.7 Å². The van der Waals surface area contributed by atoms with E-state index in [4.69, 9.17) is 16.3 Å². The lowest BCUT2D eigenvalue weighted by Crippen LogP contribution is -2.44. The van der Waals surface area contributed by atoms with Crippen LogP contribution in [-0.2, 0) is 23.1 Å². The van der Waals surface area contributed by atoms with Gasteiger partial charge in [0.25, 0.3) is 0 Å². The molecule has 3 rings (SSSR count). The summed E-state index contributed by atoms with van der Waals surface area (Å²) < 4.78 is 9.22. The van der Waals surface area contributed by atoms with E-state index in [1.54, 1.807) is 15.6 Å². The van der Waals surface area contributed by atoms with Gasteiger partial charge in [0.2, 0.25) is 5.91 Å². The summed E-state index contributed by atoms with van der Waals surface area (Å²) in [5, 5.41) is 9.10. The lowest BCUT2D eigenvalue weighted by molar-refractivity contribution is -0.140. The first-order valence-corrected chi connectivity index (χ1v) is 7.92. The van der Waals surface area contributed by atoms with Crippen LogP contribution in [0.25, 0.3) is 0 Å². The fourth-order valence-corrected chi connectivity index (χ4v) is 2.95. The molecule has 8 heteroatoms. The van der Waals surface area contributed by atoms with E-state index in [2.05, 4.69) is 10.2 Å². The lowest BCUT2D eigenvalue weighted by Gasteiger charge is -2.33. The summed E-state index contributed by atoms with van der Waals surface area (Å²) in [6, 6.07) is 1.92. The zero-order valence-corrected chi connectivity index (χ0v) is 14.2. The Morgan fingerprint density at radius 2 is 2.26 bits per heavy atom. The Morgan fingerprint density at radius 3 is 2.87 bits per heavy atom. The van der Waals surface area contributed by atoms with Crippen LogP contribution in [-0.4, -0.2) is 50.1 Å². The minimum absolute atomic E-state index is 0.0164. The first-order chi connectivity index (χ1) is 11.0. The summed E-state index contributed by atoms with van der Waals surface area (Å²) in [6.45, 7) is 5.51. The summed E-state index contributed by atoms with van der Waals surface area (Å²) in [5.74, 6) is 0.0164. The second-order valence-electron chi connectivity index (χ2n) is 5.72. The van der Waals surface area contributed by atoms with Gasteiger partial charge in [-0.3, -0.25) is 14.2 Å². The third-order valence-electron chi connectivity index (χ3n) is 4.19. The molecule has 0 radical (unpaired) electrons. The van der Waals surface area contributed by atoms with E-state index >= 15 is 0 Å². The van der Waals surface area contributed by atoms with Crippen molar-refractivity contribution in [3.63, 3.8) is 0 Å². The van der Waals surface area contributed by atoms with Crippen LogP contribution >= 0.6 is 11.6 Å². The Kier molecular flexibility index (Phi) is 4.41. The molecule has 1 saturated heterocycles. The monoisotopic (exact) mass is 337 g/mol. The minimum Gasteiger partial charge on any atom is -0.368 e. The van der Waals surface area contributed by atoms with Crippen molar-refractivity contribution in [2.24, 2.45) is 7.05 Å². The number of halogens is 1. The molecule has 0 aliphatic carbocycles. The zero-order chi connectivity index (χ0) is 16.6. The molecule has 1 fully saturated rings. The molecule has 1 aliphatic rings. The molecule has 0 N–H and O–H groups in total. The Hall–Kier alpha value is -1.86. The molecule has 1 atom stereocenters. The molecular weight excluding hydrogens is 318 g/mol. The van der Waals surface area contributed by atoms with E-state index in [9.17, 15) is 4.79 Å². The highest BCUT2D eigenvalue weighted by molar-refractivity contribution is 6.31. The number of morpholine rings is 1. The van der Waals surface area contributed by atoms with Gasteiger partial charge in [-0.2, -0.15) is 10.2 Å². The van der Waals surface area contributed by atoms with Crippen LogP contribution in [0, 0.1) is 13.8 Å². The number of rotatable bonds is 3. The molecule has 2 aromatic heterocycles. The average Bonchev–Trinajstić information content (AvgIpc) is 3.07. The second kappa shape index (κ2) is 6.33. The molecule has 0 spiro atoms. The number of amides is 1. The molecular formula is C15H20ClN5O2. The van der Waals surface area contributed by atoms with Gasteiger partial charge in [0, 0.05) is 19.8 Å². The first-order valence-electron chi connectivity index (χ1n) is 7.54. The van der Waals surface area contributed by atoms with Crippen molar-refractivity contribution < 1.29 is 9.53 Å². The predicted octanol–water partition coefficient (Wildman–Crippen LogP) is 1.49. The molecule has 3 heterocycles. The van der Waals surface area contributed by atoms with Crippen molar-refractivity contribution in [1.29, 1.82) is 0 Å². The second-order valence-corrected chi connectivity index (χ2v) is 6.10. The van der Waals surface area contributed by atoms with Gasteiger partial charge in [-0.1, -0.05) is 11.6 Å². The molecule has 1 unspecified atom stereocenters. The maximum atomic E-state index is 12.6.